The molecule has 1 saturated carbocycles. The molecule has 0 aromatic heterocycles. The molecule has 0 bridgehead atoms. The first-order valence-electron chi connectivity index (χ1n) is 5.77. The lowest BCUT2D eigenvalue weighted by Gasteiger charge is -2.12. The minimum atomic E-state index is 0.756. The van der Waals surface area contributed by atoms with E-state index in [1.807, 2.05) is 19.1 Å². The fraction of sp³-hybridized carbons (Fsp3) is 0.538. The van der Waals surface area contributed by atoms with E-state index in [-0.39, 0.29) is 0 Å². The van der Waals surface area contributed by atoms with Crippen LogP contribution in [-0.2, 0) is 6.42 Å². The van der Waals surface area contributed by atoms with Crippen LogP contribution in [0.5, 0.6) is 5.75 Å². The molecule has 2 nitrogen and oxygen atoms in total. The third-order valence-corrected chi connectivity index (χ3v) is 3.14. The highest BCUT2D eigenvalue weighted by Crippen LogP contribution is 2.28. The molecule has 0 aliphatic heterocycles. The summed E-state index contributed by atoms with van der Waals surface area (Å²) in [7, 11) is 1.72. The predicted octanol–water partition coefficient (Wildman–Crippen LogP) is 2.95. The van der Waals surface area contributed by atoms with Gasteiger partial charge in [-0.3, -0.25) is 0 Å². The maximum absolute atomic E-state index is 6.06. The van der Waals surface area contributed by atoms with Gasteiger partial charge in [0.15, 0.2) is 0 Å². The van der Waals surface area contributed by atoms with Crippen LogP contribution < -0.4 is 10.1 Å². The Morgan fingerprint density at radius 2 is 2.19 bits per heavy atom. The lowest BCUT2D eigenvalue weighted by molar-refractivity contribution is 0.406. The van der Waals surface area contributed by atoms with Crippen LogP contribution in [0.2, 0.25) is 5.02 Å². The summed E-state index contributed by atoms with van der Waals surface area (Å²) in [6.07, 6.45) is 3.62. The molecule has 0 atom stereocenters. The largest absolute Gasteiger partial charge is 0.496 e. The molecule has 0 radical (unpaired) electrons. The first-order chi connectivity index (χ1) is 7.70. The first kappa shape index (κ1) is 11.7. The van der Waals surface area contributed by atoms with Crippen LogP contribution in [0.3, 0.4) is 0 Å². The lowest BCUT2D eigenvalue weighted by Crippen LogP contribution is -2.19. The van der Waals surface area contributed by atoms with Gasteiger partial charge in [0.2, 0.25) is 0 Å². The average molecular weight is 240 g/mol. The van der Waals surface area contributed by atoms with E-state index in [9.17, 15) is 0 Å². The van der Waals surface area contributed by atoms with Crippen LogP contribution in [-0.4, -0.2) is 19.7 Å². The predicted molar refractivity (Wildman–Crippen MR) is 67.5 cm³/mol. The van der Waals surface area contributed by atoms with Crippen LogP contribution >= 0.6 is 11.6 Å². The number of halogens is 1. The number of aryl methyl sites for hydroxylation is 1. The Hall–Kier alpha value is -0.730. The molecule has 0 unspecified atom stereocenters. The number of ether oxygens (including phenoxy) is 1. The van der Waals surface area contributed by atoms with Gasteiger partial charge in [-0.2, -0.15) is 0 Å². The molecule has 1 aliphatic rings. The van der Waals surface area contributed by atoms with Gasteiger partial charge >= 0.3 is 0 Å². The molecule has 1 aliphatic carbocycles. The Kier molecular flexibility index (Phi) is 3.72. The number of nitrogens with one attached hydrogen (secondary N) is 1. The topological polar surface area (TPSA) is 21.3 Å². The number of benzene rings is 1. The molecule has 3 heteroatoms. The van der Waals surface area contributed by atoms with Gasteiger partial charge in [0.05, 0.1) is 7.11 Å². The lowest BCUT2D eigenvalue weighted by atomic mass is 10.1. The van der Waals surface area contributed by atoms with Crippen LogP contribution in [0.25, 0.3) is 0 Å². The maximum Gasteiger partial charge on any atom is 0.125 e. The van der Waals surface area contributed by atoms with Crippen molar-refractivity contribution >= 4 is 11.6 Å². The second-order valence-electron chi connectivity index (χ2n) is 4.39. The molecule has 16 heavy (non-hydrogen) atoms. The van der Waals surface area contributed by atoms with Gasteiger partial charge in [-0.25, -0.2) is 0 Å². The van der Waals surface area contributed by atoms with Crippen LogP contribution in [0.1, 0.15) is 24.0 Å². The van der Waals surface area contributed by atoms with Crippen molar-refractivity contribution in [3.05, 3.63) is 28.3 Å². The van der Waals surface area contributed by atoms with Gasteiger partial charge in [-0.15, -0.1) is 0 Å². The van der Waals surface area contributed by atoms with Crippen molar-refractivity contribution in [3.8, 4) is 5.75 Å². The molecular formula is C13H18ClNO. The van der Waals surface area contributed by atoms with Crippen molar-refractivity contribution in [2.75, 3.05) is 13.7 Å². The third kappa shape index (κ3) is 2.89. The summed E-state index contributed by atoms with van der Waals surface area (Å²) in [4.78, 5) is 0. The maximum atomic E-state index is 6.06. The number of hydrogen-bond acceptors (Lipinski definition) is 2. The Morgan fingerprint density at radius 1 is 1.44 bits per heavy atom. The van der Waals surface area contributed by atoms with E-state index >= 15 is 0 Å². The van der Waals surface area contributed by atoms with Gasteiger partial charge in [-0.1, -0.05) is 11.6 Å². The normalized spacial score (nSPS) is 15.2. The van der Waals surface area contributed by atoms with Gasteiger partial charge in [-0.05, 0) is 56.0 Å². The third-order valence-electron chi connectivity index (χ3n) is 2.93. The summed E-state index contributed by atoms with van der Waals surface area (Å²) >= 11 is 6.06. The van der Waals surface area contributed by atoms with E-state index in [4.69, 9.17) is 16.3 Å². The molecule has 2 rings (SSSR count). The van der Waals surface area contributed by atoms with Crippen molar-refractivity contribution in [2.45, 2.75) is 32.2 Å². The van der Waals surface area contributed by atoms with Crippen molar-refractivity contribution < 1.29 is 4.74 Å². The molecule has 0 amide bonds. The van der Waals surface area contributed by atoms with Gasteiger partial charge in [0, 0.05) is 11.1 Å². The summed E-state index contributed by atoms with van der Waals surface area (Å²) < 4.78 is 5.42. The zero-order valence-electron chi connectivity index (χ0n) is 9.85. The fourth-order valence-electron chi connectivity index (χ4n) is 1.98. The molecule has 88 valence electrons. The van der Waals surface area contributed by atoms with E-state index in [1.54, 1.807) is 7.11 Å². The highest BCUT2D eigenvalue weighted by atomic mass is 35.5. The molecule has 0 heterocycles. The Labute approximate surface area is 102 Å². The van der Waals surface area contributed by atoms with E-state index in [2.05, 4.69) is 5.32 Å². The van der Waals surface area contributed by atoms with E-state index in [1.165, 1.54) is 18.4 Å². The minimum Gasteiger partial charge on any atom is -0.496 e. The number of methoxy groups -OCH3 is 1. The molecule has 1 N–H and O–H groups in total. The molecule has 1 aromatic carbocycles. The second kappa shape index (κ2) is 5.07. The highest BCUT2D eigenvalue weighted by Gasteiger charge is 2.20. The van der Waals surface area contributed by atoms with Gasteiger partial charge in [0.1, 0.15) is 5.75 Å². The van der Waals surface area contributed by atoms with Crippen molar-refractivity contribution in [2.24, 2.45) is 0 Å². The monoisotopic (exact) mass is 239 g/mol. The Morgan fingerprint density at radius 3 is 2.81 bits per heavy atom. The summed E-state index contributed by atoms with van der Waals surface area (Å²) in [5.74, 6) is 0.974. The van der Waals surface area contributed by atoms with Crippen molar-refractivity contribution in [3.63, 3.8) is 0 Å². The van der Waals surface area contributed by atoms with E-state index in [0.29, 0.717) is 0 Å². The van der Waals surface area contributed by atoms with E-state index < -0.39 is 0 Å². The molecular weight excluding hydrogens is 222 g/mol. The number of rotatable bonds is 5. The fourth-order valence-corrected chi connectivity index (χ4v) is 2.27. The van der Waals surface area contributed by atoms with E-state index in [0.717, 1.165) is 35.3 Å². The van der Waals surface area contributed by atoms with Crippen molar-refractivity contribution in [1.29, 1.82) is 0 Å². The Bertz CT molecular complexity index is 374. The van der Waals surface area contributed by atoms with Gasteiger partial charge in [0.25, 0.3) is 0 Å². The van der Waals surface area contributed by atoms with Crippen LogP contribution in [0.15, 0.2) is 12.1 Å². The average Bonchev–Trinajstić information content (AvgIpc) is 3.01. The Balaban J connectivity index is 2.04. The summed E-state index contributed by atoms with van der Waals surface area (Å²) in [6.45, 7) is 3.03. The quantitative estimate of drug-likeness (QED) is 0.853. The highest BCUT2D eigenvalue weighted by molar-refractivity contribution is 6.30. The van der Waals surface area contributed by atoms with Crippen LogP contribution in [0, 0.1) is 6.92 Å². The smallest absolute Gasteiger partial charge is 0.125 e. The molecule has 0 spiro atoms. The summed E-state index contributed by atoms with van der Waals surface area (Å²) in [5, 5.41) is 4.29. The molecule has 0 saturated heterocycles. The zero-order chi connectivity index (χ0) is 11.5. The summed E-state index contributed by atoms with van der Waals surface area (Å²) in [6, 6.07) is 4.70. The SMILES string of the molecule is COc1c(C)cc(Cl)cc1CCNC1CC1. The van der Waals surface area contributed by atoms with Crippen LogP contribution in [0.4, 0.5) is 0 Å². The molecule has 1 fully saturated rings. The van der Waals surface area contributed by atoms with Gasteiger partial charge < -0.3 is 10.1 Å². The first-order valence-corrected chi connectivity index (χ1v) is 6.15. The second-order valence-corrected chi connectivity index (χ2v) is 4.83. The standard InChI is InChI=1S/C13H18ClNO/c1-9-7-11(14)8-10(13(9)16-2)5-6-15-12-3-4-12/h7-8,12,15H,3-6H2,1-2H3. The van der Waals surface area contributed by atoms with Crippen molar-refractivity contribution in [1.82, 2.24) is 5.32 Å². The zero-order valence-corrected chi connectivity index (χ0v) is 10.6. The minimum absolute atomic E-state index is 0.756. The summed E-state index contributed by atoms with van der Waals surface area (Å²) in [5.41, 5.74) is 2.30. The molecule has 1 aromatic rings. The number of hydrogen-bond donors (Lipinski definition) is 1.